The lowest BCUT2D eigenvalue weighted by Crippen LogP contribution is -2.48. The minimum absolute atomic E-state index is 0.0466. The Morgan fingerprint density at radius 3 is 1.67 bits per heavy atom. The van der Waals surface area contributed by atoms with Crippen molar-refractivity contribution in [2.75, 3.05) is 34.3 Å². The van der Waals surface area contributed by atoms with Gasteiger partial charge in [-0.25, -0.2) is 14.8 Å². The van der Waals surface area contributed by atoms with Gasteiger partial charge in [-0.1, -0.05) is 50.0 Å². The largest absolute Gasteiger partial charge is 0.453 e. The predicted octanol–water partition coefficient (Wildman–Crippen LogP) is 5.52. The number of ether oxygens (including phenoxy) is 1. The van der Waals surface area contributed by atoms with Crippen LogP contribution in [0.5, 0.6) is 0 Å². The Kier molecular flexibility index (Phi) is 11.1. The maximum Gasteiger partial charge on any atom is 0.407 e. The molecular weight excluding hydrogens is 656 g/mol. The van der Waals surface area contributed by atoms with Crippen molar-refractivity contribution in [2.45, 2.75) is 70.6 Å². The molecular formula is C40H48N8O4. The second-order valence-corrected chi connectivity index (χ2v) is 14.2. The molecule has 0 spiro atoms. The standard InChI is InChI=1S/C40H48N8O4/c1-25(2)35(46(4)5)39(50)48-22-8-10-34(48)37-42-24-32(45-37)30-19-15-28(16-20-30)12-11-27-13-17-29(18-14-27)31-23-41-36(44-31)33-9-7-21-47(33)38(49)26(3)43-40(51)52-6/h13-20,23-26,33-35H,7-10,21-22H2,1-6H3,(H,41,44)(H,42,45)(H,43,51)/t26?,33-,34-,35+/m0/s1. The maximum atomic E-state index is 13.5. The van der Waals surface area contributed by atoms with Gasteiger partial charge in [-0.05, 0) is 88.0 Å². The fourth-order valence-corrected chi connectivity index (χ4v) is 7.36. The Morgan fingerprint density at radius 2 is 1.25 bits per heavy atom. The van der Waals surface area contributed by atoms with E-state index in [0.29, 0.717) is 6.54 Å². The molecule has 0 aliphatic carbocycles. The van der Waals surface area contributed by atoms with E-state index < -0.39 is 12.1 Å². The van der Waals surface area contributed by atoms with E-state index in [1.807, 2.05) is 78.6 Å². The number of alkyl carbamates (subject to hydrolysis) is 1. The first-order valence-electron chi connectivity index (χ1n) is 18.0. The summed E-state index contributed by atoms with van der Waals surface area (Å²) in [4.78, 5) is 60.1. The van der Waals surface area contributed by atoms with Gasteiger partial charge in [-0.3, -0.25) is 14.5 Å². The fourth-order valence-electron chi connectivity index (χ4n) is 7.36. The van der Waals surface area contributed by atoms with Crippen molar-refractivity contribution in [3.63, 3.8) is 0 Å². The van der Waals surface area contributed by atoms with E-state index in [4.69, 9.17) is 4.98 Å². The number of imidazole rings is 2. The molecule has 3 amide bonds. The van der Waals surface area contributed by atoms with E-state index in [-0.39, 0.29) is 35.9 Å². The number of hydrogen-bond acceptors (Lipinski definition) is 7. The summed E-state index contributed by atoms with van der Waals surface area (Å²) in [6.45, 7) is 7.19. The van der Waals surface area contributed by atoms with Crippen LogP contribution in [-0.2, 0) is 14.3 Å². The summed E-state index contributed by atoms with van der Waals surface area (Å²) in [5.41, 5.74) is 5.52. The highest BCUT2D eigenvalue weighted by Gasteiger charge is 2.38. The van der Waals surface area contributed by atoms with Gasteiger partial charge < -0.3 is 29.8 Å². The number of methoxy groups -OCH3 is 1. The zero-order chi connectivity index (χ0) is 36.9. The van der Waals surface area contributed by atoms with Crippen LogP contribution in [-0.4, -0.2) is 98.9 Å². The van der Waals surface area contributed by atoms with Gasteiger partial charge in [-0.2, -0.15) is 0 Å². The third kappa shape index (κ3) is 7.90. The van der Waals surface area contributed by atoms with Crippen molar-refractivity contribution in [1.29, 1.82) is 0 Å². The number of hydrogen-bond donors (Lipinski definition) is 3. The maximum absolute atomic E-state index is 13.5. The number of rotatable bonds is 9. The zero-order valence-electron chi connectivity index (χ0n) is 30.8. The number of benzene rings is 2. The van der Waals surface area contributed by atoms with Gasteiger partial charge >= 0.3 is 6.09 Å². The molecule has 2 aliphatic rings. The minimum Gasteiger partial charge on any atom is -0.453 e. The van der Waals surface area contributed by atoms with E-state index in [2.05, 4.69) is 50.7 Å². The van der Waals surface area contributed by atoms with Crippen molar-refractivity contribution >= 4 is 17.9 Å². The van der Waals surface area contributed by atoms with Gasteiger partial charge in [0.25, 0.3) is 0 Å². The highest BCUT2D eigenvalue weighted by Crippen LogP contribution is 2.34. The summed E-state index contributed by atoms with van der Waals surface area (Å²) < 4.78 is 4.64. The molecule has 272 valence electrons. The molecule has 0 radical (unpaired) electrons. The number of carbonyl (C=O) groups excluding carboxylic acids is 3. The number of H-pyrrole nitrogens is 2. The molecule has 2 aromatic carbocycles. The Balaban J connectivity index is 1.07. The van der Waals surface area contributed by atoms with Gasteiger partial charge in [0.15, 0.2) is 0 Å². The van der Waals surface area contributed by atoms with E-state index >= 15 is 0 Å². The summed E-state index contributed by atoms with van der Waals surface area (Å²) in [6, 6.07) is 15.0. The molecule has 0 bridgehead atoms. The predicted molar refractivity (Wildman–Crippen MR) is 199 cm³/mol. The molecule has 2 aromatic heterocycles. The van der Waals surface area contributed by atoms with Crippen molar-refractivity contribution in [3.05, 3.63) is 83.7 Å². The van der Waals surface area contributed by atoms with Crippen LogP contribution in [0.25, 0.3) is 22.5 Å². The van der Waals surface area contributed by atoms with Crippen molar-refractivity contribution < 1.29 is 19.1 Å². The SMILES string of the molecule is COC(=O)NC(C)C(=O)N1CCC[C@H]1c1ncc(-c2ccc(C#Cc3ccc(-c4cnc([C@@H]5CCCN5C(=O)[C@@H](C(C)C)N(C)C)[nH]4)cc3)cc2)[nH]1. The van der Waals surface area contributed by atoms with Crippen LogP contribution < -0.4 is 5.32 Å². The fraction of sp³-hybridized carbons (Fsp3) is 0.425. The minimum atomic E-state index is -0.697. The molecule has 4 aromatic rings. The van der Waals surface area contributed by atoms with E-state index in [9.17, 15) is 14.4 Å². The van der Waals surface area contributed by atoms with Crippen LogP contribution in [0.2, 0.25) is 0 Å². The number of nitrogens with one attached hydrogen (secondary N) is 3. The number of nitrogens with zero attached hydrogens (tertiary/aromatic N) is 5. The first kappa shape index (κ1) is 36.4. The van der Waals surface area contributed by atoms with Crippen molar-refractivity contribution in [2.24, 2.45) is 5.92 Å². The Morgan fingerprint density at radius 1 is 0.788 bits per heavy atom. The molecule has 52 heavy (non-hydrogen) atoms. The number of amides is 3. The molecule has 12 heteroatoms. The van der Waals surface area contributed by atoms with Gasteiger partial charge in [0.05, 0.1) is 49.0 Å². The van der Waals surface area contributed by atoms with Gasteiger partial charge in [0.2, 0.25) is 11.8 Å². The van der Waals surface area contributed by atoms with Crippen LogP contribution in [0, 0.1) is 17.8 Å². The molecule has 0 saturated carbocycles. The van der Waals surface area contributed by atoms with E-state index in [1.165, 1.54) is 7.11 Å². The molecule has 2 aliphatic heterocycles. The average molecular weight is 705 g/mol. The molecule has 12 nitrogen and oxygen atoms in total. The summed E-state index contributed by atoms with van der Waals surface area (Å²) in [5.74, 6) is 8.29. The van der Waals surface area contributed by atoms with Crippen molar-refractivity contribution in [3.8, 4) is 34.4 Å². The number of likely N-dealkylation sites (N-methyl/N-ethyl adjacent to an activating group) is 1. The molecule has 2 fully saturated rings. The lowest BCUT2D eigenvalue weighted by Gasteiger charge is -2.33. The highest BCUT2D eigenvalue weighted by molar-refractivity contribution is 5.86. The monoisotopic (exact) mass is 704 g/mol. The Bertz CT molecular complexity index is 1930. The summed E-state index contributed by atoms with van der Waals surface area (Å²) >= 11 is 0. The van der Waals surface area contributed by atoms with Gasteiger partial charge in [0.1, 0.15) is 17.7 Å². The summed E-state index contributed by atoms with van der Waals surface area (Å²) in [5, 5.41) is 2.56. The first-order valence-corrected chi connectivity index (χ1v) is 18.0. The van der Waals surface area contributed by atoms with E-state index in [1.54, 1.807) is 18.0 Å². The van der Waals surface area contributed by atoms with Crippen LogP contribution in [0.3, 0.4) is 0 Å². The second-order valence-electron chi connectivity index (χ2n) is 14.2. The number of aromatic amines is 2. The smallest absolute Gasteiger partial charge is 0.407 e. The Labute approximate surface area is 305 Å². The lowest BCUT2D eigenvalue weighted by molar-refractivity contribution is -0.138. The molecule has 4 atom stereocenters. The first-order chi connectivity index (χ1) is 25.0. The number of likely N-dealkylation sites (tertiary alicyclic amines) is 2. The molecule has 3 N–H and O–H groups in total. The van der Waals surface area contributed by atoms with Gasteiger partial charge in [0, 0.05) is 24.2 Å². The van der Waals surface area contributed by atoms with Crippen LogP contribution >= 0.6 is 0 Å². The second kappa shape index (κ2) is 15.9. The molecule has 4 heterocycles. The van der Waals surface area contributed by atoms with Crippen LogP contribution in [0.1, 0.15) is 81.3 Å². The lowest BCUT2D eigenvalue weighted by atomic mass is 10.0. The molecule has 1 unspecified atom stereocenters. The third-order valence-electron chi connectivity index (χ3n) is 9.97. The normalized spacial score (nSPS) is 18.3. The Hall–Kier alpha value is -5.41. The van der Waals surface area contributed by atoms with E-state index in [0.717, 1.165) is 77.5 Å². The van der Waals surface area contributed by atoms with Crippen LogP contribution in [0.15, 0.2) is 60.9 Å². The molecule has 2 saturated heterocycles. The zero-order valence-corrected chi connectivity index (χ0v) is 30.8. The van der Waals surface area contributed by atoms with Gasteiger partial charge in [-0.15, -0.1) is 0 Å². The van der Waals surface area contributed by atoms with Crippen LogP contribution in [0.4, 0.5) is 4.79 Å². The van der Waals surface area contributed by atoms with Crippen molar-refractivity contribution in [1.82, 2.24) is 40.0 Å². The third-order valence-corrected chi connectivity index (χ3v) is 9.97. The number of aromatic nitrogens is 4. The number of carbonyl (C=O) groups is 3. The summed E-state index contributed by atoms with van der Waals surface area (Å²) in [7, 11) is 5.21. The highest BCUT2D eigenvalue weighted by atomic mass is 16.5. The molecule has 6 rings (SSSR count). The topological polar surface area (TPSA) is 140 Å². The summed E-state index contributed by atoms with van der Waals surface area (Å²) in [6.07, 6.45) is 6.51. The quantitative estimate of drug-likeness (QED) is 0.195. The average Bonchev–Trinajstić information content (AvgIpc) is 3.97.